The second kappa shape index (κ2) is 4.80. The number of nitrogens with zero attached hydrogens (tertiary/aromatic N) is 2. The fourth-order valence-electron chi connectivity index (χ4n) is 0.994. The number of halogens is 1. The molecular formula is C10H19BrN2OSi. The van der Waals surface area contributed by atoms with E-state index in [0.717, 1.165) is 5.69 Å². The van der Waals surface area contributed by atoms with Crippen LogP contribution in [0.3, 0.4) is 0 Å². The fourth-order valence-corrected chi connectivity index (χ4v) is 2.28. The first kappa shape index (κ1) is 12.9. The molecule has 2 unspecified atom stereocenters. The van der Waals surface area contributed by atoms with E-state index in [9.17, 15) is 0 Å². The van der Waals surface area contributed by atoms with E-state index in [4.69, 9.17) is 4.74 Å². The van der Waals surface area contributed by atoms with Crippen molar-refractivity contribution in [2.24, 2.45) is 0 Å². The van der Waals surface area contributed by atoms with Gasteiger partial charge in [0.25, 0.3) is 0 Å². The van der Waals surface area contributed by atoms with Gasteiger partial charge in [-0.15, -0.1) is 0 Å². The van der Waals surface area contributed by atoms with Crippen molar-refractivity contribution in [1.29, 1.82) is 0 Å². The number of hydrogen-bond acceptors (Lipinski definition) is 2. The van der Waals surface area contributed by atoms with Crippen molar-refractivity contribution in [3.8, 4) is 0 Å². The van der Waals surface area contributed by atoms with Crippen LogP contribution in [0, 0.1) is 6.92 Å². The van der Waals surface area contributed by atoms with Gasteiger partial charge in [0.05, 0.1) is 20.1 Å². The molecule has 1 aromatic heterocycles. The fraction of sp³-hybridized carbons (Fsp3) is 0.700. The van der Waals surface area contributed by atoms with Crippen molar-refractivity contribution in [1.82, 2.24) is 9.55 Å². The quantitative estimate of drug-likeness (QED) is 0.628. The number of alkyl halides is 1. The molecule has 0 radical (unpaired) electrons. The van der Waals surface area contributed by atoms with Gasteiger partial charge in [-0.2, -0.15) is 0 Å². The van der Waals surface area contributed by atoms with Crippen molar-refractivity contribution in [3.05, 3.63) is 18.2 Å². The van der Waals surface area contributed by atoms with Crippen LogP contribution in [0.2, 0.25) is 19.6 Å². The summed E-state index contributed by atoms with van der Waals surface area (Å²) >= 11 is 3.52. The molecule has 86 valence electrons. The number of ether oxygens (including phenoxy) is 1. The van der Waals surface area contributed by atoms with E-state index in [2.05, 4.69) is 47.5 Å². The predicted octanol–water partition coefficient (Wildman–Crippen LogP) is 3.33. The highest BCUT2D eigenvalue weighted by Gasteiger charge is 2.25. The van der Waals surface area contributed by atoms with Crippen LogP contribution in [0.4, 0.5) is 0 Å². The lowest BCUT2D eigenvalue weighted by molar-refractivity contribution is 0.0533. The minimum absolute atomic E-state index is 0.111. The Morgan fingerprint density at radius 2 is 2.07 bits per heavy atom. The molecule has 0 N–H and O–H groups in total. The maximum absolute atomic E-state index is 5.92. The van der Waals surface area contributed by atoms with Crippen molar-refractivity contribution in [2.45, 2.75) is 44.4 Å². The standard InChI is InChI=1S/C10H19BrN2OSi/c1-8-6-13(7-12-8)10(11)14-9(2)15(3,4)5/h6-7,9-10H,1-5H3. The highest BCUT2D eigenvalue weighted by molar-refractivity contribution is 9.09. The Morgan fingerprint density at radius 3 is 2.47 bits per heavy atom. The maximum Gasteiger partial charge on any atom is 0.191 e. The molecule has 2 atom stereocenters. The largest absolute Gasteiger partial charge is 0.348 e. The number of rotatable bonds is 4. The number of aromatic nitrogens is 2. The van der Waals surface area contributed by atoms with Gasteiger partial charge in [-0.3, -0.25) is 0 Å². The average Bonchev–Trinajstić information content (AvgIpc) is 2.50. The van der Waals surface area contributed by atoms with Gasteiger partial charge in [0.15, 0.2) is 5.14 Å². The van der Waals surface area contributed by atoms with Crippen molar-refractivity contribution >= 4 is 24.0 Å². The summed E-state index contributed by atoms with van der Waals surface area (Å²) in [6.07, 6.45) is 3.75. The first-order valence-electron chi connectivity index (χ1n) is 5.10. The molecule has 0 aliphatic heterocycles. The van der Waals surface area contributed by atoms with Gasteiger partial charge >= 0.3 is 0 Å². The van der Waals surface area contributed by atoms with Crippen LogP contribution in [0.25, 0.3) is 0 Å². The SMILES string of the molecule is Cc1cn(C(Br)OC(C)[Si](C)(C)C)cn1. The molecule has 3 nitrogen and oxygen atoms in total. The van der Waals surface area contributed by atoms with Crippen molar-refractivity contribution in [3.63, 3.8) is 0 Å². The van der Waals surface area contributed by atoms with Gasteiger partial charge in [0, 0.05) is 11.9 Å². The second-order valence-corrected chi connectivity index (χ2v) is 11.2. The molecule has 0 fully saturated rings. The summed E-state index contributed by atoms with van der Waals surface area (Å²) in [6, 6.07) is 0. The third-order valence-corrected chi connectivity index (χ3v) is 5.76. The Bertz CT molecular complexity index is 321. The van der Waals surface area contributed by atoms with Gasteiger partial charge in [0.2, 0.25) is 0 Å². The summed E-state index contributed by atoms with van der Waals surface area (Å²) in [7, 11) is -1.24. The topological polar surface area (TPSA) is 27.1 Å². The average molecular weight is 291 g/mol. The smallest absolute Gasteiger partial charge is 0.191 e. The highest BCUT2D eigenvalue weighted by atomic mass is 79.9. The molecule has 0 aliphatic rings. The number of hydrogen-bond donors (Lipinski definition) is 0. The molecule has 15 heavy (non-hydrogen) atoms. The van der Waals surface area contributed by atoms with E-state index in [-0.39, 0.29) is 5.14 Å². The molecule has 0 saturated heterocycles. The van der Waals surface area contributed by atoms with Crippen LogP contribution in [-0.2, 0) is 4.74 Å². The van der Waals surface area contributed by atoms with E-state index in [1.165, 1.54) is 0 Å². The van der Waals surface area contributed by atoms with Crippen LogP contribution in [0.15, 0.2) is 12.5 Å². The number of imidazole rings is 1. The monoisotopic (exact) mass is 290 g/mol. The Hall–Kier alpha value is -0.133. The van der Waals surface area contributed by atoms with Crippen LogP contribution in [0.5, 0.6) is 0 Å². The van der Waals surface area contributed by atoms with E-state index in [0.29, 0.717) is 5.73 Å². The predicted molar refractivity (Wildman–Crippen MR) is 68.8 cm³/mol. The van der Waals surface area contributed by atoms with Crippen LogP contribution < -0.4 is 0 Å². The third-order valence-electron chi connectivity index (χ3n) is 2.50. The molecule has 0 aromatic carbocycles. The normalized spacial score (nSPS) is 16.4. The van der Waals surface area contributed by atoms with Gasteiger partial charge in [-0.1, -0.05) is 19.6 Å². The zero-order valence-corrected chi connectivity index (χ0v) is 12.6. The first-order chi connectivity index (χ1) is 6.80. The molecule has 1 heterocycles. The minimum Gasteiger partial charge on any atom is -0.348 e. The highest BCUT2D eigenvalue weighted by Crippen LogP contribution is 2.23. The van der Waals surface area contributed by atoms with Crippen LogP contribution in [0.1, 0.15) is 17.8 Å². The lowest BCUT2D eigenvalue weighted by Crippen LogP contribution is -2.38. The second-order valence-electron chi connectivity index (χ2n) is 4.90. The molecule has 0 saturated carbocycles. The van der Waals surface area contributed by atoms with E-state index in [1.807, 2.05) is 17.7 Å². The van der Waals surface area contributed by atoms with Gasteiger partial charge < -0.3 is 9.30 Å². The van der Waals surface area contributed by atoms with Crippen molar-refractivity contribution < 1.29 is 4.74 Å². The molecule has 5 heteroatoms. The summed E-state index contributed by atoms with van der Waals surface area (Å²) in [4.78, 5) is 4.17. The maximum atomic E-state index is 5.92. The Kier molecular flexibility index (Phi) is 4.14. The molecule has 1 aromatic rings. The minimum atomic E-state index is -1.24. The lowest BCUT2D eigenvalue weighted by atomic mass is 10.6. The van der Waals surface area contributed by atoms with E-state index >= 15 is 0 Å². The van der Waals surface area contributed by atoms with Crippen LogP contribution >= 0.6 is 15.9 Å². The third kappa shape index (κ3) is 3.73. The van der Waals surface area contributed by atoms with E-state index in [1.54, 1.807) is 6.33 Å². The van der Waals surface area contributed by atoms with Gasteiger partial charge in [-0.05, 0) is 29.8 Å². The summed E-state index contributed by atoms with van der Waals surface area (Å²) in [6.45, 7) is 11.0. The Balaban J connectivity index is 2.60. The molecule has 0 amide bonds. The Labute approximate surface area is 101 Å². The first-order valence-corrected chi connectivity index (χ1v) is 9.59. The Morgan fingerprint density at radius 1 is 1.47 bits per heavy atom. The summed E-state index contributed by atoms with van der Waals surface area (Å²) in [5, 5.41) is -0.111. The zero-order chi connectivity index (χ0) is 11.6. The van der Waals surface area contributed by atoms with Gasteiger partial charge in [-0.25, -0.2) is 4.98 Å². The summed E-state index contributed by atoms with van der Waals surface area (Å²) in [5.74, 6) is 0. The zero-order valence-electron chi connectivity index (χ0n) is 9.99. The van der Waals surface area contributed by atoms with Gasteiger partial charge in [0.1, 0.15) is 0 Å². The molecular weight excluding hydrogens is 272 g/mol. The molecule has 0 spiro atoms. The molecule has 0 aliphatic carbocycles. The van der Waals surface area contributed by atoms with Crippen molar-refractivity contribution in [2.75, 3.05) is 0 Å². The molecule has 1 rings (SSSR count). The lowest BCUT2D eigenvalue weighted by Gasteiger charge is -2.28. The van der Waals surface area contributed by atoms with Crippen LogP contribution in [-0.4, -0.2) is 23.4 Å². The van der Waals surface area contributed by atoms with E-state index < -0.39 is 8.07 Å². The summed E-state index contributed by atoms with van der Waals surface area (Å²) in [5.41, 5.74) is 1.31. The molecule has 0 bridgehead atoms. The number of aryl methyl sites for hydroxylation is 1. The summed E-state index contributed by atoms with van der Waals surface area (Å²) < 4.78 is 7.85.